The molecule has 2 aromatic heterocycles. The van der Waals surface area contributed by atoms with Crippen LogP contribution in [0.15, 0.2) is 11.2 Å². The minimum Gasteiger partial charge on any atom is -0.369 e. The molecule has 0 unspecified atom stereocenters. The number of nitrogens with two attached hydrogens (primary N) is 1. The van der Waals surface area contributed by atoms with Gasteiger partial charge in [-0.1, -0.05) is 18.7 Å². The normalized spacial score (nSPS) is 18.8. The van der Waals surface area contributed by atoms with Crippen LogP contribution in [0, 0.1) is 12.8 Å². The van der Waals surface area contributed by atoms with Crippen LogP contribution in [0.5, 0.6) is 0 Å². The molecule has 1 atom stereocenters. The van der Waals surface area contributed by atoms with Gasteiger partial charge in [-0.05, 0) is 25.7 Å². The summed E-state index contributed by atoms with van der Waals surface area (Å²) < 4.78 is 1.68. The van der Waals surface area contributed by atoms with Crippen molar-refractivity contribution < 1.29 is 4.79 Å². The summed E-state index contributed by atoms with van der Waals surface area (Å²) in [6.45, 7) is 5.75. The van der Waals surface area contributed by atoms with E-state index in [1.54, 1.807) is 4.40 Å². The van der Waals surface area contributed by atoms with E-state index in [1.807, 2.05) is 17.9 Å². The summed E-state index contributed by atoms with van der Waals surface area (Å²) in [5.74, 6) is 1.42. The van der Waals surface area contributed by atoms with Crippen molar-refractivity contribution in [3.63, 3.8) is 0 Å². The Bertz CT molecular complexity index is 700. The first-order valence-corrected chi connectivity index (χ1v) is 8.42. The molecule has 22 heavy (non-hydrogen) atoms. The molecule has 0 radical (unpaired) electrons. The van der Waals surface area contributed by atoms with E-state index in [0.717, 1.165) is 25.2 Å². The number of aryl methyl sites for hydroxylation is 1. The van der Waals surface area contributed by atoms with Gasteiger partial charge in [0.15, 0.2) is 10.8 Å². The van der Waals surface area contributed by atoms with Gasteiger partial charge in [0, 0.05) is 24.8 Å². The average molecular weight is 320 g/mol. The van der Waals surface area contributed by atoms with Gasteiger partial charge in [-0.15, -0.1) is 10.2 Å². The number of nitrogen functional groups attached to an aromatic ring is 1. The molecule has 1 aliphatic heterocycles. The van der Waals surface area contributed by atoms with Crippen molar-refractivity contribution in [2.75, 3.05) is 24.6 Å². The molecular formula is C14H20N6OS. The third kappa shape index (κ3) is 3.01. The number of carbonyl (C=O) groups excluding carboxylic acids is 1. The minimum atomic E-state index is 0.145. The number of fused-ring (bicyclic) bond motifs is 1. The molecule has 0 saturated carbocycles. The molecule has 2 N–H and O–H groups in total. The number of aromatic nitrogens is 4. The Morgan fingerprint density at radius 1 is 1.50 bits per heavy atom. The third-order valence-corrected chi connectivity index (χ3v) is 4.76. The van der Waals surface area contributed by atoms with Gasteiger partial charge in [-0.25, -0.2) is 9.38 Å². The van der Waals surface area contributed by atoms with Gasteiger partial charge in [0.1, 0.15) is 0 Å². The summed E-state index contributed by atoms with van der Waals surface area (Å²) in [7, 11) is 0. The number of hydrogen-bond acceptors (Lipinski definition) is 6. The molecule has 1 aliphatic rings. The Kier molecular flexibility index (Phi) is 4.19. The van der Waals surface area contributed by atoms with Gasteiger partial charge in [-0.3, -0.25) is 4.79 Å². The zero-order chi connectivity index (χ0) is 15.7. The summed E-state index contributed by atoms with van der Waals surface area (Å²) >= 11 is 1.36. The van der Waals surface area contributed by atoms with Crippen molar-refractivity contribution in [3.05, 3.63) is 11.8 Å². The molecule has 3 heterocycles. The minimum absolute atomic E-state index is 0.145. The van der Waals surface area contributed by atoms with Crippen LogP contribution in [0.1, 0.15) is 25.5 Å². The molecule has 0 aromatic carbocycles. The number of carbonyl (C=O) groups is 1. The summed E-state index contributed by atoms with van der Waals surface area (Å²) in [6.07, 6.45) is 2.29. The van der Waals surface area contributed by atoms with Crippen molar-refractivity contribution >= 4 is 29.3 Å². The van der Waals surface area contributed by atoms with E-state index in [1.165, 1.54) is 18.2 Å². The number of thioether (sulfide) groups is 1. The number of nitrogens with zero attached hydrogens (tertiary/aromatic N) is 5. The van der Waals surface area contributed by atoms with Crippen molar-refractivity contribution in [2.45, 2.75) is 31.8 Å². The second kappa shape index (κ2) is 6.12. The topological polar surface area (TPSA) is 89.4 Å². The Balaban J connectivity index is 1.70. The summed E-state index contributed by atoms with van der Waals surface area (Å²) in [6, 6.07) is 1.82. The molecule has 0 spiro atoms. The quantitative estimate of drug-likeness (QED) is 0.859. The number of anilines is 1. The van der Waals surface area contributed by atoms with Gasteiger partial charge in [-0.2, -0.15) is 0 Å². The fourth-order valence-electron chi connectivity index (χ4n) is 2.77. The van der Waals surface area contributed by atoms with Crippen LogP contribution in [0.3, 0.4) is 0 Å². The lowest BCUT2D eigenvalue weighted by atomic mass is 10.0. The highest BCUT2D eigenvalue weighted by Crippen LogP contribution is 2.22. The average Bonchev–Trinajstić information content (AvgIpc) is 2.88. The standard InChI is InChI=1S/C14H20N6OS/c1-9-4-3-5-19(7-9)12(21)8-22-14-18-17-11-6-10(2)16-13(15)20(11)14/h6,9H,3-5,7-8H2,1-2H3,(H2,15,16)/t9-/m0/s1. The second-order valence-corrected chi connectivity index (χ2v) is 6.75. The van der Waals surface area contributed by atoms with Crippen LogP contribution in [0.2, 0.25) is 0 Å². The summed E-state index contributed by atoms with van der Waals surface area (Å²) in [5.41, 5.74) is 7.39. The van der Waals surface area contributed by atoms with Crippen molar-refractivity contribution in [3.8, 4) is 0 Å². The van der Waals surface area contributed by atoms with E-state index in [9.17, 15) is 4.79 Å². The van der Waals surface area contributed by atoms with E-state index < -0.39 is 0 Å². The van der Waals surface area contributed by atoms with Gasteiger partial charge in [0.2, 0.25) is 11.9 Å². The molecule has 1 amide bonds. The van der Waals surface area contributed by atoms with E-state index >= 15 is 0 Å². The van der Waals surface area contributed by atoms with Crippen molar-refractivity contribution in [1.82, 2.24) is 24.5 Å². The smallest absolute Gasteiger partial charge is 0.233 e. The highest BCUT2D eigenvalue weighted by molar-refractivity contribution is 7.99. The number of likely N-dealkylation sites (tertiary alicyclic amines) is 1. The maximum absolute atomic E-state index is 12.3. The molecular weight excluding hydrogens is 300 g/mol. The molecule has 2 aromatic rings. The molecule has 1 fully saturated rings. The number of hydrogen-bond donors (Lipinski definition) is 1. The van der Waals surface area contributed by atoms with Crippen LogP contribution < -0.4 is 5.73 Å². The molecule has 0 bridgehead atoms. The first-order valence-electron chi connectivity index (χ1n) is 7.43. The monoisotopic (exact) mass is 320 g/mol. The fourth-order valence-corrected chi connectivity index (χ4v) is 3.62. The molecule has 118 valence electrons. The Hall–Kier alpha value is -1.83. The number of piperidine rings is 1. The molecule has 7 nitrogen and oxygen atoms in total. The van der Waals surface area contributed by atoms with E-state index in [4.69, 9.17) is 5.73 Å². The van der Waals surface area contributed by atoms with E-state index in [0.29, 0.717) is 28.4 Å². The second-order valence-electron chi connectivity index (χ2n) is 5.81. The highest BCUT2D eigenvalue weighted by atomic mass is 32.2. The lowest BCUT2D eigenvalue weighted by Crippen LogP contribution is -2.40. The van der Waals surface area contributed by atoms with Gasteiger partial charge in [0.25, 0.3) is 0 Å². The Labute approximate surface area is 133 Å². The number of amides is 1. The maximum atomic E-state index is 12.3. The fraction of sp³-hybridized carbons (Fsp3) is 0.571. The predicted octanol–water partition coefficient (Wildman–Crippen LogP) is 1.37. The van der Waals surface area contributed by atoms with Gasteiger partial charge in [0.05, 0.1) is 5.75 Å². The summed E-state index contributed by atoms with van der Waals surface area (Å²) in [5, 5.41) is 8.81. The first-order chi connectivity index (χ1) is 10.5. The Morgan fingerprint density at radius 3 is 3.09 bits per heavy atom. The number of rotatable bonds is 3. The molecule has 8 heteroatoms. The lowest BCUT2D eigenvalue weighted by Gasteiger charge is -2.30. The summed E-state index contributed by atoms with van der Waals surface area (Å²) in [4.78, 5) is 18.5. The van der Waals surface area contributed by atoms with E-state index in [-0.39, 0.29) is 5.91 Å². The van der Waals surface area contributed by atoms with Crippen LogP contribution >= 0.6 is 11.8 Å². The van der Waals surface area contributed by atoms with Crippen LogP contribution in [0.25, 0.3) is 5.65 Å². The van der Waals surface area contributed by atoms with Crippen molar-refractivity contribution in [2.24, 2.45) is 5.92 Å². The van der Waals surface area contributed by atoms with Gasteiger partial charge < -0.3 is 10.6 Å². The zero-order valence-corrected chi connectivity index (χ0v) is 13.6. The Morgan fingerprint density at radius 2 is 2.32 bits per heavy atom. The third-order valence-electron chi connectivity index (χ3n) is 3.85. The van der Waals surface area contributed by atoms with E-state index in [2.05, 4.69) is 22.1 Å². The molecule has 1 saturated heterocycles. The lowest BCUT2D eigenvalue weighted by molar-refractivity contribution is -0.130. The largest absolute Gasteiger partial charge is 0.369 e. The van der Waals surface area contributed by atoms with Crippen LogP contribution in [-0.4, -0.2) is 49.2 Å². The van der Waals surface area contributed by atoms with Crippen molar-refractivity contribution in [1.29, 1.82) is 0 Å². The van der Waals surface area contributed by atoms with Crippen LogP contribution in [-0.2, 0) is 4.79 Å². The predicted molar refractivity (Wildman–Crippen MR) is 85.6 cm³/mol. The van der Waals surface area contributed by atoms with Crippen LogP contribution in [0.4, 0.5) is 5.95 Å². The van der Waals surface area contributed by atoms with Gasteiger partial charge >= 0.3 is 0 Å². The highest BCUT2D eigenvalue weighted by Gasteiger charge is 2.21. The molecule has 0 aliphatic carbocycles. The first kappa shape index (κ1) is 15.1. The maximum Gasteiger partial charge on any atom is 0.233 e. The molecule has 3 rings (SSSR count). The zero-order valence-electron chi connectivity index (χ0n) is 12.8. The SMILES string of the molecule is Cc1cc2nnc(SCC(=O)N3CCC[C@H](C)C3)n2c(N)n1.